The number of nitrogens with one attached hydrogen (secondary N) is 1. The van der Waals surface area contributed by atoms with Gasteiger partial charge in [0.25, 0.3) is 5.91 Å². The Morgan fingerprint density at radius 3 is 2.89 bits per heavy atom. The van der Waals surface area contributed by atoms with E-state index in [9.17, 15) is 4.79 Å². The smallest absolute Gasteiger partial charge is 0.267 e. The number of nitrogens with two attached hydrogens (primary N) is 1. The zero-order chi connectivity index (χ0) is 13.4. The van der Waals surface area contributed by atoms with E-state index in [1.54, 1.807) is 6.20 Å². The van der Waals surface area contributed by atoms with Crippen LogP contribution in [0.4, 0.5) is 10.8 Å². The highest BCUT2D eigenvalue weighted by atomic mass is 32.1. The Balaban J connectivity index is 1.89. The van der Waals surface area contributed by atoms with Gasteiger partial charge in [-0.1, -0.05) is 0 Å². The van der Waals surface area contributed by atoms with E-state index in [0.717, 1.165) is 15.0 Å². The van der Waals surface area contributed by atoms with E-state index in [-0.39, 0.29) is 5.91 Å². The summed E-state index contributed by atoms with van der Waals surface area (Å²) in [5, 5.41) is 4.42. The van der Waals surface area contributed by atoms with Crippen molar-refractivity contribution in [1.82, 2.24) is 4.98 Å². The molecule has 2 heterocycles. The van der Waals surface area contributed by atoms with Crippen molar-refractivity contribution in [1.29, 1.82) is 0 Å². The highest BCUT2D eigenvalue weighted by molar-refractivity contribution is 7.21. The van der Waals surface area contributed by atoms with Gasteiger partial charge in [0.15, 0.2) is 5.13 Å². The van der Waals surface area contributed by atoms with Gasteiger partial charge in [0.05, 0.1) is 4.88 Å². The molecule has 0 spiro atoms. The molecule has 0 unspecified atom stereocenters. The molecule has 6 heteroatoms. The first kappa shape index (κ1) is 12.1. The number of thiazole rings is 1. The van der Waals surface area contributed by atoms with Crippen molar-refractivity contribution >= 4 is 49.5 Å². The van der Waals surface area contributed by atoms with Gasteiger partial charge in [-0.3, -0.25) is 10.1 Å². The predicted octanol–water partition coefficient (Wildman–Crippen LogP) is 3.50. The molecule has 0 saturated heterocycles. The number of nitrogens with zero attached hydrogens (tertiary/aromatic N) is 1. The molecule has 3 aromatic rings. The lowest BCUT2D eigenvalue weighted by Crippen LogP contribution is -2.09. The Labute approximate surface area is 117 Å². The topological polar surface area (TPSA) is 68.0 Å². The maximum Gasteiger partial charge on any atom is 0.267 e. The largest absolute Gasteiger partial charge is 0.399 e. The van der Waals surface area contributed by atoms with E-state index in [1.165, 1.54) is 22.7 Å². The lowest BCUT2D eigenvalue weighted by molar-refractivity contribution is 0.103. The predicted molar refractivity (Wildman–Crippen MR) is 81.0 cm³/mol. The van der Waals surface area contributed by atoms with Crippen molar-refractivity contribution in [2.75, 3.05) is 11.1 Å². The molecule has 1 aromatic carbocycles. The first-order valence-electron chi connectivity index (χ1n) is 5.65. The minimum Gasteiger partial charge on any atom is -0.399 e. The summed E-state index contributed by atoms with van der Waals surface area (Å²) in [6, 6.07) is 7.49. The lowest BCUT2D eigenvalue weighted by atomic mass is 10.2. The van der Waals surface area contributed by atoms with Gasteiger partial charge in [0.2, 0.25) is 0 Å². The second kappa shape index (κ2) is 4.64. The molecule has 0 radical (unpaired) electrons. The van der Waals surface area contributed by atoms with E-state index >= 15 is 0 Å². The van der Waals surface area contributed by atoms with Crippen LogP contribution in [-0.2, 0) is 0 Å². The van der Waals surface area contributed by atoms with Crippen LogP contribution in [0, 0.1) is 6.92 Å². The summed E-state index contributed by atoms with van der Waals surface area (Å²) in [5.74, 6) is -0.130. The number of hydrogen-bond donors (Lipinski definition) is 2. The minimum absolute atomic E-state index is 0.130. The number of aryl methyl sites for hydroxylation is 1. The molecule has 2 aromatic heterocycles. The molecular weight excluding hydrogens is 278 g/mol. The number of benzene rings is 1. The Hall–Kier alpha value is -1.92. The van der Waals surface area contributed by atoms with Crippen molar-refractivity contribution in [2.24, 2.45) is 0 Å². The number of rotatable bonds is 2. The number of nitrogen functional groups attached to an aromatic ring is 1. The third kappa shape index (κ3) is 2.45. The molecular formula is C13H11N3OS2. The normalized spacial score (nSPS) is 10.8. The molecule has 0 saturated carbocycles. The molecule has 0 aliphatic rings. The average Bonchev–Trinajstić information content (AvgIpc) is 2.95. The number of carbonyl (C=O) groups excluding carboxylic acids is 1. The van der Waals surface area contributed by atoms with Gasteiger partial charge in [-0.15, -0.1) is 22.7 Å². The number of amides is 1. The van der Waals surface area contributed by atoms with E-state index in [2.05, 4.69) is 10.3 Å². The number of fused-ring (bicyclic) bond motifs is 1. The molecule has 96 valence electrons. The number of aromatic nitrogens is 1. The van der Waals surface area contributed by atoms with Crippen LogP contribution in [0.5, 0.6) is 0 Å². The Kier molecular flexibility index (Phi) is 2.96. The summed E-state index contributed by atoms with van der Waals surface area (Å²) >= 11 is 2.91. The second-order valence-electron chi connectivity index (χ2n) is 4.14. The fraction of sp³-hybridized carbons (Fsp3) is 0.0769. The van der Waals surface area contributed by atoms with E-state index < -0.39 is 0 Å². The molecule has 3 rings (SSSR count). The number of anilines is 2. The molecule has 19 heavy (non-hydrogen) atoms. The molecule has 0 fully saturated rings. The first-order valence-corrected chi connectivity index (χ1v) is 7.28. The summed E-state index contributed by atoms with van der Waals surface area (Å²) < 4.78 is 1.05. The first-order chi connectivity index (χ1) is 9.11. The Morgan fingerprint density at radius 2 is 2.16 bits per heavy atom. The highest BCUT2D eigenvalue weighted by Crippen LogP contribution is 2.28. The van der Waals surface area contributed by atoms with Crippen molar-refractivity contribution in [3.8, 4) is 0 Å². The lowest BCUT2D eigenvalue weighted by Gasteiger charge is -1.96. The standard InChI is InChI=1S/C13H11N3OS2/c1-7-6-15-13(18-7)16-12(17)11-5-8-4-9(14)2-3-10(8)19-11/h2-6H,14H2,1H3,(H,15,16,17). The zero-order valence-electron chi connectivity index (χ0n) is 10.1. The van der Waals surface area contributed by atoms with Crippen molar-refractivity contribution in [3.63, 3.8) is 0 Å². The van der Waals surface area contributed by atoms with Gasteiger partial charge in [-0.25, -0.2) is 4.98 Å². The third-order valence-electron chi connectivity index (χ3n) is 2.61. The van der Waals surface area contributed by atoms with Crippen LogP contribution < -0.4 is 11.1 Å². The van der Waals surface area contributed by atoms with Gasteiger partial charge in [-0.2, -0.15) is 0 Å². The average molecular weight is 289 g/mol. The van der Waals surface area contributed by atoms with Gasteiger partial charge in [-0.05, 0) is 36.6 Å². The highest BCUT2D eigenvalue weighted by Gasteiger charge is 2.12. The number of thiophene rings is 1. The molecule has 1 amide bonds. The quantitative estimate of drug-likeness (QED) is 0.709. The zero-order valence-corrected chi connectivity index (χ0v) is 11.8. The summed E-state index contributed by atoms with van der Waals surface area (Å²) in [5.41, 5.74) is 6.43. The summed E-state index contributed by atoms with van der Waals surface area (Å²) in [7, 11) is 0. The summed E-state index contributed by atoms with van der Waals surface area (Å²) in [6.45, 7) is 1.95. The van der Waals surface area contributed by atoms with Crippen LogP contribution >= 0.6 is 22.7 Å². The molecule has 4 nitrogen and oxygen atoms in total. The monoisotopic (exact) mass is 289 g/mol. The van der Waals surface area contributed by atoms with Gasteiger partial charge in [0, 0.05) is 21.5 Å². The van der Waals surface area contributed by atoms with Crippen LogP contribution in [0.25, 0.3) is 10.1 Å². The van der Waals surface area contributed by atoms with Crippen molar-refractivity contribution in [3.05, 3.63) is 40.2 Å². The van der Waals surface area contributed by atoms with Crippen LogP contribution in [0.1, 0.15) is 14.5 Å². The number of hydrogen-bond acceptors (Lipinski definition) is 5. The fourth-order valence-corrected chi connectivity index (χ4v) is 3.34. The van der Waals surface area contributed by atoms with Gasteiger partial charge >= 0.3 is 0 Å². The molecule has 0 bridgehead atoms. The van der Waals surface area contributed by atoms with Crippen LogP contribution in [-0.4, -0.2) is 10.9 Å². The van der Waals surface area contributed by atoms with Crippen molar-refractivity contribution < 1.29 is 4.79 Å². The number of carbonyl (C=O) groups is 1. The van der Waals surface area contributed by atoms with Crippen LogP contribution in [0.15, 0.2) is 30.5 Å². The van der Waals surface area contributed by atoms with E-state index in [1.807, 2.05) is 31.2 Å². The fourth-order valence-electron chi connectivity index (χ4n) is 1.74. The molecule has 0 atom stereocenters. The molecule has 0 aliphatic carbocycles. The Morgan fingerprint density at radius 1 is 1.32 bits per heavy atom. The van der Waals surface area contributed by atoms with E-state index in [0.29, 0.717) is 15.7 Å². The summed E-state index contributed by atoms with van der Waals surface area (Å²) in [6.07, 6.45) is 1.74. The second-order valence-corrected chi connectivity index (χ2v) is 6.46. The maximum absolute atomic E-state index is 12.1. The molecule has 3 N–H and O–H groups in total. The van der Waals surface area contributed by atoms with Crippen molar-refractivity contribution in [2.45, 2.75) is 6.92 Å². The van der Waals surface area contributed by atoms with Crippen LogP contribution in [0.3, 0.4) is 0 Å². The maximum atomic E-state index is 12.1. The minimum atomic E-state index is -0.130. The SMILES string of the molecule is Cc1cnc(NC(=O)c2cc3cc(N)ccc3s2)s1. The van der Waals surface area contributed by atoms with E-state index in [4.69, 9.17) is 5.73 Å². The molecule has 0 aliphatic heterocycles. The third-order valence-corrected chi connectivity index (χ3v) is 4.55. The van der Waals surface area contributed by atoms with Gasteiger partial charge < -0.3 is 5.73 Å². The van der Waals surface area contributed by atoms with Crippen LogP contribution in [0.2, 0.25) is 0 Å². The van der Waals surface area contributed by atoms with Gasteiger partial charge in [0.1, 0.15) is 0 Å². The summed E-state index contributed by atoms with van der Waals surface area (Å²) in [4.78, 5) is 18.0. The Bertz CT molecular complexity index is 760.